The summed E-state index contributed by atoms with van der Waals surface area (Å²) < 4.78 is 13.2. The van der Waals surface area contributed by atoms with Crippen molar-refractivity contribution in [2.45, 2.75) is 18.9 Å². The first-order valence-corrected chi connectivity index (χ1v) is 9.01. The number of H-pyrrole nitrogens is 1. The summed E-state index contributed by atoms with van der Waals surface area (Å²) >= 11 is 0. The van der Waals surface area contributed by atoms with E-state index in [0.29, 0.717) is 5.69 Å². The third-order valence-corrected chi connectivity index (χ3v) is 4.17. The molecule has 2 aromatic carbocycles. The summed E-state index contributed by atoms with van der Waals surface area (Å²) in [7, 11) is 1.91. The predicted octanol–water partition coefficient (Wildman–Crippen LogP) is 3.06. The fraction of sp³-hybridized carbons (Fsp3) is 0.286. The Morgan fingerprint density at radius 1 is 1.19 bits per heavy atom. The number of carbonyl (C=O) groups excluding carboxylic acids is 1. The van der Waals surface area contributed by atoms with Gasteiger partial charge in [0.2, 0.25) is 0 Å². The molecular weight excluding hydrogens is 343 g/mol. The van der Waals surface area contributed by atoms with E-state index in [-0.39, 0.29) is 11.9 Å². The van der Waals surface area contributed by atoms with Crippen LogP contribution in [0.15, 0.2) is 48.5 Å². The standard InChI is InChI=1S/C15H10FNO.C6H17N3/c16-13-3-1-2-10(6-13)11-4-5-12-7-14(9-18)17-15(12)8-11;1-9-5-6(8)3-2-4-7/h1-9,17H;6,9H,2-5,7-8H2,1H3. The summed E-state index contributed by atoms with van der Waals surface area (Å²) in [6.45, 7) is 1.64. The quantitative estimate of drug-likeness (QED) is 0.481. The number of aromatic amines is 1. The fourth-order valence-corrected chi connectivity index (χ4v) is 2.80. The molecule has 27 heavy (non-hydrogen) atoms. The van der Waals surface area contributed by atoms with Gasteiger partial charge in [-0.2, -0.15) is 0 Å². The topological polar surface area (TPSA) is 96.9 Å². The molecular formula is C21H27FN4O. The van der Waals surface area contributed by atoms with E-state index in [1.54, 1.807) is 12.1 Å². The maximum absolute atomic E-state index is 13.2. The molecule has 6 heteroatoms. The van der Waals surface area contributed by atoms with Gasteiger partial charge in [0.1, 0.15) is 5.82 Å². The summed E-state index contributed by atoms with van der Waals surface area (Å²) in [4.78, 5) is 13.7. The molecule has 0 radical (unpaired) electrons. The highest BCUT2D eigenvalue weighted by Crippen LogP contribution is 2.25. The summed E-state index contributed by atoms with van der Waals surface area (Å²) in [6, 6.07) is 14.3. The first-order valence-electron chi connectivity index (χ1n) is 9.01. The van der Waals surface area contributed by atoms with Gasteiger partial charge in [0.05, 0.1) is 5.69 Å². The molecule has 0 bridgehead atoms. The molecule has 3 aromatic rings. The number of hydrogen-bond acceptors (Lipinski definition) is 4. The van der Waals surface area contributed by atoms with Crippen LogP contribution in [0.1, 0.15) is 23.3 Å². The SMILES string of the molecule is CNCC(N)CCCN.O=Cc1cc2ccc(-c3cccc(F)c3)cc2[nH]1. The van der Waals surface area contributed by atoms with E-state index in [1.165, 1.54) is 12.1 Å². The second-order valence-electron chi connectivity index (χ2n) is 6.40. The van der Waals surface area contributed by atoms with Gasteiger partial charge in [-0.1, -0.05) is 24.3 Å². The van der Waals surface area contributed by atoms with Crippen LogP contribution in [0.3, 0.4) is 0 Å². The van der Waals surface area contributed by atoms with Gasteiger partial charge in [-0.05, 0) is 61.8 Å². The Morgan fingerprint density at radius 3 is 2.63 bits per heavy atom. The smallest absolute Gasteiger partial charge is 0.166 e. The molecule has 0 spiro atoms. The number of halogens is 1. The zero-order valence-electron chi connectivity index (χ0n) is 15.5. The zero-order chi connectivity index (χ0) is 19.6. The molecule has 0 aliphatic rings. The minimum atomic E-state index is -0.257. The molecule has 1 heterocycles. The second-order valence-corrected chi connectivity index (χ2v) is 6.40. The van der Waals surface area contributed by atoms with Crippen LogP contribution in [0.25, 0.3) is 22.0 Å². The van der Waals surface area contributed by atoms with Crippen molar-refractivity contribution < 1.29 is 9.18 Å². The van der Waals surface area contributed by atoms with Crippen molar-refractivity contribution in [3.8, 4) is 11.1 Å². The molecule has 5 nitrogen and oxygen atoms in total. The highest BCUT2D eigenvalue weighted by atomic mass is 19.1. The summed E-state index contributed by atoms with van der Waals surface area (Å²) in [5, 5.41) is 3.98. The van der Waals surface area contributed by atoms with Gasteiger partial charge in [0.15, 0.2) is 6.29 Å². The van der Waals surface area contributed by atoms with Crippen LogP contribution in [-0.2, 0) is 0 Å². The molecule has 0 aliphatic carbocycles. The van der Waals surface area contributed by atoms with E-state index in [9.17, 15) is 9.18 Å². The number of benzene rings is 2. The number of aromatic nitrogens is 1. The molecule has 3 rings (SSSR count). The van der Waals surface area contributed by atoms with Crippen molar-refractivity contribution in [1.82, 2.24) is 10.3 Å². The molecule has 0 aliphatic heterocycles. The van der Waals surface area contributed by atoms with E-state index in [4.69, 9.17) is 11.5 Å². The van der Waals surface area contributed by atoms with E-state index < -0.39 is 0 Å². The predicted molar refractivity (Wildman–Crippen MR) is 109 cm³/mol. The fourth-order valence-electron chi connectivity index (χ4n) is 2.80. The van der Waals surface area contributed by atoms with Crippen LogP contribution in [0, 0.1) is 5.82 Å². The van der Waals surface area contributed by atoms with Gasteiger partial charge in [-0.15, -0.1) is 0 Å². The number of nitrogens with two attached hydrogens (primary N) is 2. The molecule has 144 valence electrons. The minimum Gasteiger partial charge on any atom is -0.352 e. The molecule has 0 fully saturated rings. The highest BCUT2D eigenvalue weighted by molar-refractivity contribution is 5.90. The van der Waals surface area contributed by atoms with Crippen molar-refractivity contribution in [2.24, 2.45) is 11.5 Å². The Morgan fingerprint density at radius 2 is 1.96 bits per heavy atom. The lowest BCUT2D eigenvalue weighted by molar-refractivity contribution is 0.112. The van der Waals surface area contributed by atoms with E-state index in [1.807, 2.05) is 31.3 Å². The van der Waals surface area contributed by atoms with Crippen LogP contribution in [0.5, 0.6) is 0 Å². The highest BCUT2D eigenvalue weighted by Gasteiger charge is 2.03. The maximum atomic E-state index is 13.2. The molecule has 6 N–H and O–H groups in total. The molecule has 0 amide bonds. The van der Waals surface area contributed by atoms with Crippen LogP contribution in [-0.4, -0.2) is 37.4 Å². The Kier molecular flexibility index (Phi) is 8.13. The molecule has 1 unspecified atom stereocenters. The Hall–Kier alpha value is -2.54. The Labute approximate surface area is 158 Å². The first kappa shape index (κ1) is 20.8. The summed E-state index contributed by atoms with van der Waals surface area (Å²) in [5.41, 5.74) is 14.1. The minimum absolute atomic E-state index is 0.257. The van der Waals surface area contributed by atoms with Crippen molar-refractivity contribution in [1.29, 1.82) is 0 Å². The number of fused-ring (bicyclic) bond motifs is 1. The van der Waals surface area contributed by atoms with E-state index >= 15 is 0 Å². The lowest BCUT2D eigenvalue weighted by Gasteiger charge is -2.08. The Balaban J connectivity index is 0.000000249. The maximum Gasteiger partial charge on any atom is 0.166 e. The monoisotopic (exact) mass is 370 g/mol. The summed E-state index contributed by atoms with van der Waals surface area (Å²) in [6.07, 6.45) is 2.84. The first-order chi connectivity index (χ1) is 13.1. The third-order valence-electron chi connectivity index (χ3n) is 4.17. The van der Waals surface area contributed by atoms with Crippen molar-refractivity contribution >= 4 is 17.2 Å². The van der Waals surface area contributed by atoms with Gasteiger partial charge in [-0.3, -0.25) is 4.79 Å². The third kappa shape index (κ3) is 6.29. The molecule has 0 saturated carbocycles. The number of rotatable bonds is 7. The van der Waals surface area contributed by atoms with Crippen LogP contribution in [0.2, 0.25) is 0 Å². The van der Waals surface area contributed by atoms with E-state index in [2.05, 4.69) is 10.3 Å². The van der Waals surface area contributed by atoms with Crippen molar-refractivity contribution in [3.05, 3.63) is 60.0 Å². The second kappa shape index (κ2) is 10.6. The largest absolute Gasteiger partial charge is 0.352 e. The molecule has 1 aromatic heterocycles. The van der Waals surface area contributed by atoms with Gasteiger partial charge in [0.25, 0.3) is 0 Å². The number of aldehydes is 1. The number of carbonyl (C=O) groups is 1. The number of nitrogens with one attached hydrogen (secondary N) is 2. The van der Waals surface area contributed by atoms with Crippen LogP contribution < -0.4 is 16.8 Å². The van der Waals surface area contributed by atoms with Crippen LogP contribution >= 0.6 is 0 Å². The van der Waals surface area contributed by atoms with Gasteiger partial charge in [0, 0.05) is 23.5 Å². The lowest BCUT2D eigenvalue weighted by atomic mass is 10.0. The Bertz CT molecular complexity index is 862. The van der Waals surface area contributed by atoms with Crippen molar-refractivity contribution in [2.75, 3.05) is 20.1 Å². The van der Waals surface area contributed by atoms with Crippen LogP contribution in [0.4, 0.5) is 4.39 Å². The van der Waals surface area contributed by atoms with Gasteiger partial charge >= 0.3 is 0 Å². The average Bonchev–Trinajstić information content (AvgIpc) is 3.09. The zero-order valence-corrected chi connectivity index (χ0v) is 15.5. The number of hydrogen-bond donors (Lipinski definition) is 4. The van der Waals surface area contributed by atoms with Gasteiger partial charge < -0.3 is 21.8 Å². The normalized spacial score (nSPS) is 11.7. The molecule has 0 saturated heterocycles. The van der Waals surface area contributed by atoms with Gasteiger partial charge in [-0.25, -0.2) is 4.39 Å². The van der Waals surface area contributed by atoms with Crippen molar-refractivity contribution in [3.63, 3.8) is 0 Å². The number of likely N-dealkylation sites (N-methyl/N-ethyl adjacent to an activating group) is 1. The average molecular weight is 370 g/mol. The molecule has 1 atom stereocenters. The summed E-state index contributed by atoms with van der Waals surface area (Å²) in [5.74, 6) is -0.257. The van der Waals surface area contributed by atoms with E-state index in [0.717, 1.165) is 54.2 Å². The lowest BCUT2D eigenvalue weighted by Crippen LogP contribution is -2.32.